The maximum absolute atomic E-state index is 10.9. The van der Waals surface area contributed by atoms with Gasteiger partial charge in [-0.25, -0.2) is 0 Å². The average Bonchev–Trinajstić information content (AvgIpc) is 2.37. The van der Waals surface area contributed by atoms with Gasteiger partial charge in [-0.15, -0.1) is 0 Å². The van der Waals surface area contributed by atoms with E-state index in [4.69, 9.17) is 0 Å². The van der Waals surface area contributed by atoms with Crippen molar-refractivity contribution >= 4 is 0 Å². The van der Waals surface area contributed by atoms with Crippen LogP contribution in [-0.2, 0) is 7.05 Å². The Morgan fingerprint density at radius 2 is 1.83 bits per heavy atom. The van der Waals surface area contributed by atoms with E-state index in [2.05, 4.69) is 0 Å². The van der Waals surface area contributed by atoms with Crippen molar-refractivity contribution in [3.63, 3.8) is 0 Å². The second-order valence-corrected chi connectivity index (χ2v) is 2.65. The quantitative estimate of drug-likeness (QED) is 0.631. The van der Waals surface area contributed by atoms with Crippen LogP contribution in [0.5, 0.6) is 0 Å². The molecule has 0 aliphatic carbocycles. The van der Waals surface area contributed by atoms with Crippen LogP contribution in [0, 0.1) is 0 Å². The molecule has 0 aromatic carbocycles. The van der Waals surface area contributed by atoms with Crippen molar-refractivity contribution in [2.24, 2.45) is 7.05 Å². The van der Waals surface area contributed by atoms with Crippen LogP contribution in [0.1, 0.15) is 33.7 Å². The van der Waals surface area contributed by atoms with Crippen LogP contribution in [0.15, 0.2) is 17.1 Å². The summed E-state index contributed by atoms with van der Waals surface area (Å²) in [6, 6.07) is 1.92. The fraction of sp³-hybridized carbons (Fsp3) is 0.667. The maximum atomic E-state index is 10.9. The normalized spacial score (nSPS) is 9.50. The van der Waals surface area contributed by atoms with Gasteiger partial charge in [0.25, 0.3) is 5.56 Å². The van der Waals surface area contributed by atoms with Crippen molar-refractivity contribution in [2.75, 3.05) is 0 Å². The van der Waals surface area contributed by atoms with Gasteiger partial charge in [0.05, 0.1) is 0 Å². The predicted octanol–water partition coefficient (Wildman–Crippen LogP) is 1.79. The highest BCUT2D eigenvalue weighted by Crippen LogP contribution is 1.99. The van der Waals surface area contributed by atoms with Crippen molar-refractivity contribution in [2.45, 2.75) is 33.7 Å². The summed E-state index contributed by atoms with van der Waals surface area (Å²) in [5, 5.41) is 0. The van der Waals surface area contributed by atoms with Gasteiger partial charge in [-0.1, -0.05) is 13.8 Å². The van der Waals surface area contributed by atoms with Crippen molar-refractivity contribution in [1.82, 2.24) is 9.36 Å². The lowest BCUT2D eigenvalue weighted by Crippen LogP contribution is -2.19. The summed E-state index contributed by atoms with van der Waals surface area (Å²) in [6.45, 7) is 8.08. The van der Waals surface area contributed by atoms with Gasteiger partial charge in [0.15, 0.2) is 0 Å². The van der Waals surface area contributed by atoms with Gasteiger partial charge in [0.2, 0.25) is 0 Å². The molecule has 0 fully saturated rings. The molecule has 0 saturated carbocycles. The number of aromatic nitrogens is 2. The minimum absolute atomic E-state index is 0.0497. The number of hydrogen-bond acceptors (Lipinski definition) is 1. The minimum atomic E-state index is 0.0497. The fourth-order valence-electron chi connectivity index (χ4n) is 0.980. The average molecular weight is 170 g/mol. The van der Waals surface area contributed by atoms with E-state index < -0.39 is 0 Å². The van der Waals surface area contributed by atoms with E-state index in [0.29, 0.717) is 6.04 Å². The van der Waals surface area contributed by atoms with Crippen molar-refractivity contribution in [3.8, 4) is 0 Å². The molecule has 3 heteroatoms. The monoisotopic (exact) mass is 170 g/mol. The third-order valence-electron chi connectivity index (χ3n) is 1.56. The fourth-order valence-corrected chi connectivity index (χ4v) is 0.980. The highest BCUT2D eigenvalue weighted by Gasteiger charge is 1.99. The topological polar surface area (TPSA) is 26.9 Å². The Morgan fingerprint density at radius 3 is 2.00 bits per heavy atom. The predicted molar refractivity (Wildman–Crippen MR) is 51.4 cm³/mol. The molecule has 0 bridgehead atoms. The van der Waals surface area contributed by atoms with Crippen LogP contribution in [-0.4, -0.2) is 9.36 Å². The van der Waals surface area contributed by atoms with Gasteiger partial charge < -0.3 is 0 Å². The molecule has 0 atom stereocenters. The van der Waals surface area contributed by atoms with E-state index in [1.54, 1.807) is 24.0 Å². The Bertz CT molecular complexity index is 270. The van der Waals surface area contributed by atoms with E-state index in [-0.39, 0.29) is 5.56 Å². The van der Waals surface area contributed by atoms with Crippen molar-refractivity contribution in [1.29, 1.82) is 0 Å². The van der Waals surface area contributed by atoms with Crippen LogP contribution >= 0.6 is 0 Å². The summed E-state index contributed by atoms with van der Waals surface area (Å²) >= 11 is 0. The molecular weight excluding hydrogens is 152 g/mol. The Balaban J connectivity index is 0.000000561. The third-order valence-corrected chi connectivity index (χ3v) is 1.56. The molecule has 0 N–H and O–H groups in total. The summed E-state index contributed by atoms with van der Waals surface area (Å²) in [5.41, 5.74) is 0.0497. The first-order chi connectivity index (χ1) is 5.63. The Hall–Kier alpha value is -0.990. The zero-order valence-electron chi connectivity index (χ0n) is 8.53. The Morgan fingerprint density at radius 1 is 1.33 bits per heavy atom. The summed E-state index contributed by atoms with van der Waals surface area (Å²) in [7, 11) is 1.77. The summed E-state index contributed by atoms with van der Waals surface area (Å²) in [6.07, 6.45) is 1.80. The van der Waals surface area contributed by atoms with Gasteiger partial charge in [-0.3, -0.25) is 14.2 Å². The lowest BCUT2D eigenvalue weighted by atomic mass is 10.4. The Kier molecular flexibility index (Phi) is 4.40. The minimum Gasteiger partial charge on any atom is -0.288 e. The van der Waals surface area contributed by atoms with Gasteiger partial charge in [-0.05, 0) is 13.8 Å². The second kappa shape index (κ2) is 4.80. The molecule has 12 heavy (non-hydrogen) atoms. The highest BCUT2D eigenvalue weighted by molar-refractivity contribution is 4.83. The lowest BCUT2D eigenvalue weighted by molar-refractivity contribution is 0.443. The number of hydrogen-bond donors (Lipinski definition) is 0. The molecule has 0 aliphatic rings. The molecule has 0 spiro atoms. The van der Waals surface area contributed by atoms with E-state index in [0.717, 1.165) is 0 Å². The van der Waals surface area contributed by atoms with Crippen LogP contribution in [0.2, 0.25) is 0 Å². The first-order valence-electron chi connectivity index (χ1n) is 4.37. The van der Waals surface area contributed by atoms with E-state index in [1.807, 2.05) is 32.4 Å². The van der Waals surface area contributed by atoms with Crippen molar-refractivity contribution in [3.05, 3.63) is 22.6 Å². The van der Waals surface area contributed by atoms with Gasteiger partial charge >= 0.3 is 0 Å². The zero-order chi connectivity index (χ0) is 9.72. The van der Waals surface area contributed by atoms with E-state index in [9.17, 15) is 4.79 Å². The third kappa shape index (κ3) is 2.26. The molecule has 3 nitrogen and oxygen atoms in total. The molecule has 0 aliphatic heterocycles. The Labute approximate surface area is 73.6 Å². The largest absolute Gasteiger partial charge is 0.288 e. The maximum Gasteiger partial charge on any atom is 0.266 e. The first kappa shape index (κ1) is 11.0. The molecule has 0 amide bonds. The molecule has 1 rings (SSSR count). The second-order valence-electron chi connectivity index (χ2n) is 2.65. The van der Waals surface area contributed by atoms with Crippen LogP contribution < -0.4 is 5.56 Å². The highest BCUT2D eigenvalue weighted by atomic mass is 16.1. The molecule has 1 aromatic rings. The molecule has 0 saturated heterocycles. The SMILES string of the molecule is CC.CC(C)n1ccc(=O)n1C. The standard InChI is InChI=1S/C7H12N2O.C2H6/c1-6(2)9-5-4-7(10)8(9)3;1-2/h4-6H,1-3H3;1-2H3. The molecule has 1 aromatic heterocycles. The van der Waals surface area contributed by atoms with E-state index in [1.165, 1.54) is 0 Å². The van der Waals surface area contributed by atoms with E-state index >= 15 is 0 Å². The van der Waals surface area contributed by atoms with Crippen molar-refractivity contribution < 1.29 is 0 Å². The summed E-state index contributed by atoms with van der Waals surface area (Å²) in [5.74, 6) is 0. The zero-order valence-corrected chi connectivity index (χ0v) is 8.53. The van der Waals surface area contributed by atoms with Gasteiger partial charge in [0, 0.05) is 25.4 Å². The molecule has 70 valence electrons. The van der Waals surface area contributed by atoms with Crippen LogP contribution in [0.25, 0.3) is 0 Å². The molecular formula is C9H18N2O. The van der Waals surface area contributed by atoms with Crippen LogP contribution in [0.3, 0.4) is 0 Å². The number of rotatable bonds is 1. The van der Waals surface area contributed by atoms with Gasteiger partial charge in [0.1, 0.15) is 0 Å². The molecule has 1 heterocycles. The first-order valence-corrected chi connectivity index (χ1v) is 4.37. The smallest absolute Gasteiger partial charge is 0.266 e. The molecule has 0 unspecified atom stereocenters. The summed E-state index contributed by atoms with van der Waals surface area (Å²) in [4.78, 5) is 10.9. The van der Waals surface area contributed by atoms with Gasteiger partial charge in [-0.2, -0.15) is 0 Å². The summed E-state index contributed by atoms with van der Waals surface area (Å²) < 4.78 is 3.49. The lowest BCUT2D eigenvalue weighted by Gasteiger charge is -2.09. The van der Waals surface area contributed by atoms with Crippen LogP contribution in [0.4, 0.5) is 0 Å². The number of nitrogens with zero attached hydrogens (tertiary/aromatic N) is 2. The molecule has 0 radical (unpaired) electrons.